The largest absolute Gasteiger partial charge is 0.508 e. The number of carbonyl (C=O) groups excluding carboxylic acids is 1. The standard InChI is InChI=1S/C8H8O4/c9-4-8(12)6-3-5(10)1-2-7(6)11/h1-3,9-11H,4H2. The molecular weight excluding hydrogens is 160 g/mol. The molecule has 0 fully saturated rings. The summed E-state index contributed by atoms with van der Waals surface area (Å²) >= 11 is 0. The smallest absolute Gasteiger partial charge is 0.192 e. The van der Waals surface area contributed by atoms with E-state index in [9.17, 15) is 4.79 Å². The van der Waals surface area contributed by atoms with Crippen molar-refractivity contribution in [1.82, 2.24) is 0 Å². The van der Waals surface area contributed by atoms with E-state index in [1.807, 2.05) is 0 Å². The number of rotatable bonds is 2. The molecule has 12 heavy (non-hydrogen) atoms. The minimum atomic E-state index is -0.684. The van der Waals surface area contributed by atoms with Gasteiger partial charge in [0.25, 0.3) is 0 Å². The van der Waals surface area contributed by atoms with Crippen molar-refractivity contribution in [3.63, 3.8) is 0 Å². The number of carbonyl (C=O) groups is 1. The van der Waals surface area contributed by atoms with Gasteiger partial charge in [0.05, 0.1) is 5.56 Å². The molecule has 64 valence electrons. The average molecular weight is 168 g/mol. The number of benzene rings is 1. The summed E-state index contributed by atoms with van der Waals surface area (Å²) in [6, 6.07) is 3.55. The van der Waals surface area contributed by atoms with Gasteiger partial charge in [0.15, 0.2) is 5.78 Å². The van der Waals surface area contributed by atoms with Gasteiger partial charge < -0.3 is 15.3 Å². The second-order valence-electron chi connectivity index (χ2n) is 2.28. The summed E-state index contributed by atoms with van der Waals surface area (Å²) < 4.78 is 0. The summed E-state index contributed by atoms with van der Waals surface area (Å²) in [5, 5.41) is 26.5. The van der Waals surface area contributed by atoms with E-state index >= 15 is 0 Å². The number of Topliss-reactive ketones (excluding diaryl/α,β-unsaturated/α-hetero) is 1. The fourth-order valence-corrected chi connectivity index (χ4v) is 0.833. The van der Waals surface area contributed by atoms with Crippen LogP contribution < -0.4 is 0 Å². The Morgan fingerprint density at radius 1 is 1.33 bits per heavy atom. The van der Waals surface area contributed by atoms with Crippen molar-refractivity contribution in [1.29, 1.82) is 0 Å². The van der Waals surface area contributed by atoms with E-state index in [1.54, 1.807) is 0 Å². The van der Waals surface area contributed by atoms with Crippen LogP contribution in [0.4, 0.5) is 0 Å². The molecule has 1 aromatic rings. The number of hydrogen-bond acceptors (Lipinski definition) is 4. The van der Waals surface area contributed by atoms with Crippen molar-refractivity contribution >= 4 is 5.78 Å². The Balaban J connectivity index is 3.13. The van der Waals surface area contributed by atoms with Gasteiger partial charge >= 0.3 is 0 Å². The van der Waals surface area contributed by atoms with Crippen molar-refractivity contribution in [2.45, 2.75) is 0 Å². The third-order valence-electron chi connectivity index (χ3n) is 1.42. The van der Waals surface area contributed by atoms with Crippen LogP contribution in [0.15, 0.2) is 18.2 Å². The molecule has 0 amide bonds. The molecule has 0 heterocycles. The maximum Gasteiger partial charge on any atom is 0.192 e. The monoisotopic (exact) mass is 168 g/mol. The highest BCUT2D eigenvalue weighted by atomic mass is 16.3. The quantitative estimate of drug-likeness (QED) is 0.437. The van der Waals surface area contributed by atoms with Gasteiger partial charge in [-0.1, -0.05) is 0 Å². The van der Waals surface area contributed by atoms with Crippen molar-refractivity contribution < 1.29 is 20.1 Å². The number of hydrogen-bond donors (Lipinski definition) is 3. The molecule has 0 unspecified atom stereocenters. The minimum absolute atomic E-state index is 0.0718. The van der Waals surface area contributed by atoms with Gasteiger partial charge in [-0.15, -0.1) is 0 Å². The van der Waals surface area contributed by atoms with Gasteiger partial charge in [0, 0.05) is 0 Å². The van der Waals surface area contributed by atoms with Crippen LogP contribution in [-0.2, 0) is 0 Å². The molecule has 0 radical (unpaired) electrons. The van der Waals surface area contributed by atoms with E-state index in [-0.39, 0.29) is 17.1 Å². The highest BCUT2D eigenvalue weighted by Gasteiger charge is 2.09. The second kappa shape index (κ2) is 3.23. The third kappa shape index (κ3) is 1.54. The molecule has 0 bridgehead atoms. The lowest BCUT2D eigenvalue weighted by atomic mass is 10.1. The molecular formula is C8H8O4. The predicted octanol–water partition coefficient (Wildman–Crippen LogP) is 0.273. The highest BCUT2D eigenvalue weighted by molar-refractivity contribution is 5.99. The average Bonchev–Trinajstić information content (AvgIpc) is 2.08. The normalized spacial score (nSPS) is 9.75. The lowest BCUT2D eigenvalue weighted by Gasteiger charge is -2.01. The number of aliphatic hydroxyl groups excluding tert-OH is 1. The number of aliphatic hydroxyl groups is 1. The van der Waals surface area contributed by atoms with E-state index in [1.165, 1.54) is 12.1 Å². The number of phenols is 2. The van der Waals surface area contributed by atoms with Crippen molar-refractivity contribution in [3.05, 3.63) is 23.8 Å². The molecule has 0 aliphatic heterocycles. The first-order valence-electron chi connectivity index (χ1n) is 3.31. The summed E-state index contributed by atoms with van der Waals surface area (Å²) in [6.45, 7) is -0.684. The lowest BCUT2D eigenvalue weighted by Crippen LogP contribution is -2.04. The van der Waals surface area contributed by atoms with E-state index < -0.39 is 12.4 Å². The first-order chi connectivity index (χ1) is 5.65. The molecule has 0 saturated carbocycles. The first kappa shape index (κ1) is 8.55. The maximum atomic E-state index is 10.9. The zero-order valence-corrected chi connectivity index (χ0v) is 6.19. The summed E-state index contributed by atoms with van der Waals surface area (Å²) in [6.07, 6.45) is 0. The maximum absolute atomic E-state index is 10.9. The van der Waals surface area contributed by atoms with Crippen molar-refractivity contribution in [2.24, 2.45) is 0 Å². The Morgan fingerprint density at radius 2 is 2.00 bits per heavy atom. The number of phenolic OH excluding ortho intramolecular Hbond substituents is 2. The molecule has 0 aromatic heterocycles. The molecule has 3 N–H and O–H groups in total. The Kier molecular flexibility index (Phi) is 2.30. The fraction of sp³-hybridized carbons (Fsp3) is 0.125. The predicted molar refractivity (Wildman–Crippen MR) is 41.2 cm³/mol. The minimum Gasteiger partial charge on any atom is -0.508 e. The van der Waals surface area contributed by atoms with Gasteiger partial charge in [0.2, 0.25) is 0 Å². The Bertz CT molecular complexity index is 306. The molecule has 0 aliphatic rings. The van der Waals surface area contributed by atoms with Crippen molar-refractivity contribution in [3.8, 4) is 11.5 Å². The van der Waals surface area contributed by atoms with Gasteiger partial charge in [-0.2, -0.15) is 0 Å². The van der Waals surface area contributed by atoms with Gasteiger partial charge in [-0.3, -0.25) is 4.79 Å². The van der Waals surface area contributed by atoms with Crippen LogP contribution in [0.25, 0.3) is 0 Å². The third-order valence-corrected chi connectivity index (χ3v) is 1.42. The molecule has 0 spiro atoms. The molecule has 0 aliphatic carbocycles. The van der Waals surface area contributed by atoms with E-state index in [2.05, 4.69) is 0 Å². The zero-order chi connectivity index (χ0) is 9.14. The van der Waals surface area contributed by atoms with Crippen LogP contribution in [0.3, 0.4) is 0 Å². The zero-order valence-electron chi connectivity index (χ0n) is 6.19. The molecule has 0 saturated heterocycles. The summed E-state index contributed by atoms with van der Waals surface area (Å²) in [5.74, 6) is -0.986. The first-order valence-corrected chi connectivity index (χ1v) is 3.31. The van der Waals surface area contributed by atoms with E-state index in [4.69, 9.17) is 15.3 Å². The second-order valence-corrected chi connectivity index (χ2v) is 2.28. The van der Waals surface area contributed by atoms with Crippen molar-refractivity contribution in [2.75, 3.05) is 6.61 Å². The number of ketones is 1. The molecule has 1 aromatic carbocycles. The molecule has 1 rings (SSSR count). The van der Waals surface area contributed by atoms with E-state index in [0.717, 1.165) is 6.07 Å². The Labute approximate surface area is 68.7 Å². The Hall–Kier alpha value is -1.55. The van der Waals surface area contributed by atoms with Crippen LogP contribution in [0.2, 0.25) is 0 Å². The van der Waals surface area contributed by atoms with Crippen LogP contribution in [0, 0.1) is 0 Å². The fourth-order valence-electron chi connectivity index (χ4n) is 0.833. The summed E-state index contributed by atoms with van der Waals surface area (Å²) in [5.41, 5.74) is -0.0718. The van der Waals surface area contributed by atoms with Crippen LogP contribution in [0.1, 0.15) is 10.4 Å². The molecule has 4 heteroatoms. The number of aromatic hydroxyl groups is 2. The molecule has 4 nitrogen and oxygen atoms in total. The van der Waals surface area contributed by atoms with Crippen LogP contribution >= 0.6 is 0 Å². The van der Waals surface area contributed by atoms with Gasteiger partial charge in [-0.05, 0) is 18.2 Å². The van der Waals surface area contributed by atoms with Crippen LogP contribution in [0.5, 0.6) is 11.5 Å². The topological polar surface area (TPSA) is 77.8 Å². The summed E-state index contributed by atoms with van der Waals surface area (Å²) in [7, 11) is 0. The Morgan fingerprint density at radius 3 is 2.58 bits per heavy atom. The van der Waals surface area contributed by atoms with Gasteiger partial charge in [0.1, 0.15) is 18.1 Å². The SMILES string of the molecule is O=C(CO)c1cc(O)ccc1O. The van der Waals surface area contributed by atoms with Crippen LogP contribution in [-0.4, -0.2) is 27.7 Å². The highest BCUT2D eigenvalue weighted by Crippen LogP contribution is 2.21. The van der Waals surface area contributed by atoms with Gasteiger partial charge in [-0.25, -0.2) is 0 Å². The summed E-state index contributed by atoms with van der Waals surface area (Å²) in [4.78, 5) is 10.9. The molecule has 0 atom stereocenters. The van der Waals surface area contributed by atoms with E-state index in [0.29, 0.717) is 0 Å². The lowest BCUT2D eigenvalue weighted by molar-refractivity contribution is 0.0900.